The molecule has 0 aliphatic carbocycles. The van der Waals surface area contributed by atoms with Crippen molar-refractivity contribution in [3.05, 3.63) is 34.9 Å². The molecule has 0 saturated carbocycles. The summed E-state index contributed by atoms with van der Waals surface area (Å²) in [5.74, 6) is 0.0580. The van der Waals surface area contributed by atoms with Gasteiger partial charge in [0.15, 0.2) is 0 Å². The first-order valence-corrected chi connectivity index (χ1v) is 5.74. The molecule has 0 heterocycles. The Morgan fingerprint density at radius 3 is 2.39 bits per heavy atom. The highest BCUT2D eigenvalue weighted by atomic mass is 16.4. The highest BCUT2D eigenvalue weighted by Crippen LogP contribution is 2.11. The van der Waals surface area contributed by atoms with E-state index in [9.17, 15) is 4.79 Å². The van der Waals surface area contributed by atoms with Crippen LogP contribution in [0.2, 0.25) is 0 Å². The second kappa shape index (κ2) is 6.05. The number of benzene rings is 1. The van der Waals surface area contributed by atoms with E-state index in [0.29, 0.717) is 18.5 Å². The van der Waals surface area contributed by atoms with Gasteiger partial charge in [-0.25, -0.2) is 0 Å². The molecule has 0 unspecified atom stereocenters. The normalized spacial score (nSPS) is 11.4. The van der Waals surface area contributed by atoms with Crippen molar-refractivity contribution in [1.29, 1.82) is 0 Å². The second-order valence-corrected chi connectivity index (χ2v) is 4.44. The minimum atomic E-state index is -0.0625. The van der Waals surface area contributed by atoms with E-state index in [1.54, 1.807) is 11.9 Å². The SMILES string of the molecule is Cc1cc(C)cc(C(=O)N(C)CC/C(N)=N/O)c1. The molecule has 0 atom stereocenters. The summed E-state index contributed by atoms with van der Waals surface area (Å²) in [4.78, 5) is 13.7. The van der Waals surface area contributed by atoms with Crippen LogP contribution in [-0.4, -0.2) is 35.4 Å². The molecule has 0 aliphatic rings. The van der Waals surface area contributed by atoms with Gasteiger partial charge >= 0.3 is 0 Å². The number of hydrogen-bond acceptors (Lipinski definition) is 3. The Morgan fingerprint density at radius 1 is 1.33 bits per heavy atom. The Hall–Kier alpha value is -2.04. The summed E-state index contributed by atoms with van der Waals surface area (Å²) in [5.41, 5.74) is 8.15. The summed E-state index contributed by atoms with van der Waals surface area (Å²) in [5, 5.41) is 11.3. The number of rotatable bonds is 4. The number of nitrogens with two attached hydrogens (primary N) is 1. The predicted octanol–water partition coefficient (Wildman–Crippen LogP) is 1.51. The average molecular weight is 249 g/mol. The molecule has 18 heavy (non-hydrogen) atoms. The topological polar surface area (TPSA) is 78.9 Å². The van der Waals surface area contributed by atoms with Crippen LogP contribution in [0.4, 0.5) is 0 Å². The molecule has 1 rings (SSSR count). The van der Waals surface area contributed by atoms with E-state index in [2.05, 4.69) is 5.16 Å². The maximum Gasteiger partial charge on any atom is 0.253 e. The number of hydrogen-bond donors (Lipinski definition) is 2. The average Bonchev–Trinajstić information content (AvgIpc) is 2.33. The van der Waals surface area contributed by atoms with Gasteiger partial charge in [-0.1, -0.05) is 22.3 Å². The van der Waals surface area contributed by atoms with Crippen molar-refractivity contribution in [2.45, 2.75) is 20.3 Å². The lowest BCUT2D eigenvalue weighted by molar-refractivity contribution is 0.0798. The largest absolute Gasteiger partial charge is 0.409 e. The van der Waals surface area contributed by atoms with Gasteiger partial charge in [0.2, 0.25) is 0 Å². The first kappa shape index (κ1) is 14.0. The van der Waals surface area contributed by atoms with Gasteiger partial charge in [0.25, 0.3) is 5.91 Å². The first-order chi connectivity index (χ1) is 8.43. The Kier molecular flexibility index (Phi) is 4.71. The highest BCUT2D eigenvalue weighted by molar-refractivity contribution is 5.94. The number of oxime groups is 1. The molecule has 1 aromatic carbocycles. The van der Waals surface area contributed by atoms with Gasteiger partial charge in [-0.15, -0.1) is 0 Å². The van der Waals surface area contributed by atoms with Crippen molar-refractivity contribution in [3.63, 3.8) is 0 Å². The van der Waals surface area contributed by atoms with Crippen molar-refractivity contribution in [2.75, 3.05) is 13.6 Å². The molecule has 0 bridgehead atoms. The Morgan fingerprint density at radius 2 is 1.89 bits per heavy atom. The van der Waals surface area contributed by atoms with E-state index in [4.69, 9.17) is 10.9 Å². The summed E-state index contributed by atoms with van der Waals surface area (Å²) in [7, 11) is 1.70. The van der Waals surface area contributed by atoms with Crippen molar-refractivity contribution < 1.29 is 10.0 Å². The van der Waals surface area contributed by atoms with Crippen LogP contribution in [0.1, 0.15) is 27.9 Å². The Labute approximate surface area is 107 Å². The van der Waals surface area contributed by atoms with E-state index in [1.165, 1.54) is 0 Å². The maximum absolute atomic E-state index is 12.1. The fourth-order valence-electron chi connectivity index (χ4n) is 1.75. The summed E-state index contributed by atoms with van der Waals surface area (Å²) in [6.45, 7) is 4.34. The third kappa shape index (κ3) is 3.76. The van der Waals surface area contributed by atoms with Gasteiger partial charge in [0, 0.05) is 25.6 Å². The molecule has 0 aliphatic heterocycles. The van der Waals surface area contributed by atoms with E-state index in [0.717, 1.165) is 11.1 Å². The fraction of sp³-hybridized carbons (Fsp3) is 0.385. The smallest absolute Gasteiger partial charge is 0.253 e. The minimum Gasteiger partial charge on any atom is -0.409 e. The van der Waals surface area contributed by atoms with Crippen molar-refractivity contribution in [2.24, 2.45) is 10.9 Å². The summed E-state index contributed by atoms with van der Waals surface area (Å²) in [6, 6.07) is 5.73. The summed E-state index contributed by atoms with van der Waals surface area (Å²) in [6.07, 6.45) is 0.351. The highest BCUT2D eigenvalue weighted by Gasteiger charge is 2.12. The monoisotopic (exact) mass is 249 g/mol. The molecule has 98 valence electrons. The summed E-state index contributed by atoms with van der Waals surface area (Å²) < 4.78 is 0. The molecule has 0 spiro atoms. The lowest BCUT2D eigenvalue weighted by Gasteiger charge is -2.17. The zero-order valence-electron chi connectivity index (χ0n) is 11.0. The van der Waals surface area contributed by atoms with Crippen molar-refractivity contribution in [1.82, 2.24) is 4.90 Å². The lowest BCUT2D eigenvalue weighted by Crippen LogP contribution is -2.30. The molecule has 0 fully saturated rings. The van der Waals surface area contributed by atoms with Crippen LogP contribution in [0.15, 0.2) is 23.4 Å². The molecule has 5 heteroatoms. The lowest BCUT2D eigenvalue weighted by atomic mass is 10.1. The van der Waals surface area contributed by atoms with Gasteiger partial charge in [-0.3, -0.25) is 4.79 Å². The fourth-order valence-corrected chi connectivity index (χ4v) is 1.75. The molecule has 0 radical (unpaired) electrons. The predicted molar refractivity (Wildman–Crippen MR) is 70.9 cm³/mol. The zero-order valence-corrected chi connectivity index (χ0v) is 11.0. The second-order valence-electron chi connectivity index (χ2n) is 4.44. The van der Waals surface area contributed by atoms with E-state index in [-0.39, 0.29) is 11.7 Å². The number of nitrogens with zero attached hydrogens (tertiary/aromatic N) is 2. The number of amidine groups is 1. The van der Waals surface area contributed by atoms with Crippen LogP contribution in [-0.2, 0) is 0 Å². The van der Waals surface area contributed by atoms with E-state index >= 15 is 0 Å². The molecule has 0 saturated heterocycles. The number of aryl methyl sites for hydroxylation is 2. The van der Waals surface area contributed by atoms with Crippen LogP contribution in [0.5, 0.6) is 0 Å². The van der Waals surface area contributed by atoms with Crippen LogP contribution in [0.3, 0.4) is 0 Å². The first-order valence-electron chi connectivity index (χ1n) is 5.74. The number of carbonyl (C=O) groups excluding carboxylic acids is 1. The minimum absolute atomic E-state index is 0.0625. The molecule has 1 aromatic rings. The van der Waals surface area contributed by atoms with Crippen LogP contribution in [0, 0.1) is 13.8 Å². The van der Waals surface area contributed by atoms with Crippen LogP contribution >= 0.6 is 0 Å². The van der Waals surface area contributed by atoms with E-state index < -0.39 is 0 Å². The van der Waals surface area contributed by atoms with Crippen LogP contribution in [0.25, 0.3) is 0 Å². The maximum atomic E-state index is 12.1. The third-order valence-corrected chi connectivity index (χ3v) is 2.65. The number of carbonyl (C=O) groups is 1. The quantitative estimate of drug-likeness (QED) is 0.367. The summed E-state index contributed by atoms with van der Waals surface area (Å²) >= 11 is 0. The molecular formula is C13H19N3O2. The Bertz CT molecular complexity index is 449. The molecule has 5 nitrogen and oxygen atoms in total. The Balaban J connectivity index is 2.74. The number of amides is 1. The van der Waals surface area contributed by atoms with Gasteiger partial charge in [-0.2, -0.15) is 0 Å². The molecular weight excluding hydrogens is 230 g/mol. The van der Waals surface area contributed by atoms with Gasteiger partial charge in [-0.05, 0) is 26.0 Å². The van der Waals surface area contributed by atoms with Gasteiger partial charge < -0.3 is 15.8 Å². The third-order valence-electron chi connectivity index (χ3n) is 2.65. The van der Waals surface area contributed by atoms with Crippen molar-refractivity contribution >= 4 is 11.7 Å². The van der Waals surface area contributed by atoms with Gasteiger partial charge in [0.05, 0.1) is 0 Å². The van der Waals surface area contributed by atoms with Crippen molar-refractivity contribution in [3.8, 4) is 0 Å². The molecule has 3 N–H and O–H groups in total. The molecule has 0 aromatic heterocycles. The van der Waals surface area contributed by atoms with E-state index in [1.807, 2.05) is 32.0 Å². The standard InChI is InChI=1S/C13H19N3O2/c1-9-6-10(2)8-11(7-9)13(17)16(3)5-4-12(14)15-18/h6-8,18H,4-5H2,1-3H3,(H2,14,15). The zero-order chi connectivity index (χ0) is 13.7. The van der Waals surface area contributed by atoms with Crippen LogP contribution < -0.4 is 5.73 Å². The molecule has 1 amide bonds. The van der Waals surface area contributed by atoms with Gasteiger partial charge in [0.1, 0.15) is 5.84 Å².